The van der Waals surface area contributed by atoms with Crippen LogP contribution in [0, 0.1) is 22.7 Å². The topological polar surface area (TPSA) is 29.1 Å². The Morgan fingerprint density at radius 1 is 1.12 bits per heavy atom. The Hall–Kier alpha value is -0.970. The van der Waals surface area contributed by atoms with Gasteiger partial charge in [0.05, 0.1) is 6.54 Å². The third-order valence-corrected chi connectivity index (χ3v) is 2.17. The molecule has 0 fully saturated rings. The molecule has 0 rings (SSSR count). The first kappa shape index (κ1) is 16.0. The Kier molecular flexibility index (Phi) is 6.31. The highest BCUT2D eigenvalue weighted by molar-refractivity contribution is 5.76. The maximum Gasteiger partial charge on any atom is 0.220 e. The Labute approximate surface area is 107 Å². The van der Waals surface area contributed by atoms with Crippen molar-refractivity contribution < 1.29 is 4.79 Å². The molecule has 0 heterocycles. The fourth-order valence-electron chi connectivity index (χ4n) is 1.32. The van der Waals surface area contributed by atoms with Gasteiger partial charge >= 0.3 is 0 Å². The Morgan fingerprint density at radius 3 is 2.18 bits per heavy atom. The number of nitrogens with one attached hydrogen (secondary N) is 1. The lowest BCUT2D eigenvalue weighted by molar-refractivity contribution is -0.121. The van der Waals surface area contributed by atoms with Crippen LogP contribution in [0.2, 0.25) is 0 Å². The molecule has 0 aromatic heterocycles. The summed E-state index contributed by atoms with van der Waals surface area (Å²) in [5.74, 6) is 6.18. The van der Waals surface area contributed by atoms with Crippen molar-refractivity contribution in [2.24, 2.45) is 10.8 Å². The van der Waals surface area contributed by atoms with E-state index in [1.54, 1.807) is 0 Å². The van der Waals surface area contributed by atoms with Crippen LogP contribution in [0.5, 0.6) is 0 Å². The monoisotopic (exact) mass is 237 g/mol. The predicted octanol–water partition coefficient (Wildman–Crippen LogP) is 3.37. The molecule has 0 aromatic rings. The molecule has 2 nitrogen and oxygen atoms in total. The minimum atomic E-state index is 0.0109. The molecule has 0 atom stereocenters. The standard InChI is InChI=1S/C15H27NO/c1-14(2,3)10-7-9-13(17)16-12-8-11-15(4,5)6/h7,9-10,12H2,1-6H3,(H,16,17). The molecule has 0 spiro atoms. The predicted molar refractivity (Wildman–Crippen MR) is 73.5 cm³/mol. The second-order valence-corrected chi connectivity index (χ2v) is 6.74. The van der Waals surface area contributed by atoms with Crippen molar-refractivity contribution in [3.05, 3.63) is 0 Å². The molecule has 0 saturated carbocycles. The number of rotatable bonds is 4. The highest BCUT2D eigenvalue weighted by atomic mass is 16.1. The molecule has 0 aliphatic carbocycles. The third kappa shape index (κ3) is 13.0. The SMILES string of the molecule is CC(C)(C)C#CCNC(=O)CCCC(C)(C)C. The maximum atomic E-state index is 11.5. The molecule has 98 valence electrons. The van der Waals surface area contributed by atoms with E-state index in [1.807, 2.05) is 0 Å². The summed E-state index contributed by atoms with van der Waals surface area (Å²) in [6.07, 6.45) is 2.63. The van der Waals surface area contributed by atoms with Crippen LogP contribution in [0.4, 0.5) is 0 Å². The number of hydrogen-bond acceptors (Lipinski definition) is 1. The van der Waals surface area contributed by atoms with Crippen molar-refractivity contribution in [3.63, 3.8) is 0 Å². The lowest BCUT2D eigenvalue weighted by Crippen LogP contribution is -2.23. The zero-order valence-electron chi connectivity index (χ0n) is 12.2. The van der Waals surface area contributed by atoms with Gasteiger partial charge in [-0.2, -0.15) is 0 Å². The van der Waals surface area contributed by atoms with Crippen LogP contribution in [0.15, 0.2) is 0 Å². The van der Waals surface area contributed by atoms with Crippen molar-refractivity contribution in [3.8, 4) is 11.8 Å². The zero-order valence-corrected chi connectivity index (χ0v) is 12.2. The molecule has 0 radical (unpaired) electrons. The van der Waals surface area contributed by atoms with Crippen LogP contribution in [0.25, 0.3) is 0 Å². The summed E-state index contributed by atoms with van der Waals surface area (Å²) < 4.78 is 0. The minimum Gasteiger partial charge on any atom is -0.345 e. The molecule has 0 bridgehead atoms. The van der Waals surface area contributed by atoms with Crippen molar-refractivity contribution in [1.82, 2.24) is 5.32 Å². The fourth-order valence-corrected chi connectivity index (χ4v) is 1.32. The quantitative estimate of drug-likeness (QED) is 0.746. The second-order valence-electron chi connectivity index (χ2n) is 6.74. The molecule has 17 heavy (non-hydrogen) atoms. The van der Waals surface area contributed by atoms with Gasteiger partial charge in [-0.1, -0.05) is 32.6 Å². The van der Waals surface area contributed by atoms with Crippen LogP contribution in [-0.4, -0.2) is 12.5 Å². The summed E-state index contributed by atoms with van der Waals surface area (Å²) >= 11 is 0. The molecule has 1 amide bonds. The summed E-state index contributed by atoms with van der Waals surface area (Å²) in [7, 11) is 0. The highest BCUT2D eigenvalue weighted by Gasteiger charge is 2.10. The van der Waals surface area contributed by atoms with Crippen LogP contribution in [0.3, 0.4) is 0 Å². The van der Waals surface area contributed by atoms with E-state index in [9.17, 15) is 4.79 Å². The number of carbonyl (C=O) groups is 1. The normalized spacial score (nSPS) is 11.6. The molecule has 0 unspecified atom stereocenters. The Morgan fingerprint density at radius 2 is 1.71 bits per heavy atom. The molecular weight excluding hydrogens is 210 g/mol. The van der Waals surface area contributed by atoms with E-state index in [2.05, 4.69) is 58.7 Å². The summed E-state index contributed by atoms with van der Waals surface area (Å²) in [5, 5.41) is 2.83. The number of hydrogen-bond donors (Lipinski definition) is 1. The van der Waals surface area contributed by atoms with Gasteiger partial charge in [0, 0.05) is 11.8 Å². The second kappa shape index (κ2) is 6.69. The van der Waals surface area contributed by atoms with Crippen molar-refractivity contribution in [2.45, 2.75) is 60.8 Å². The van der Waals surface area contributed by atoms with Crippen LogP contribution in [-0.2, 0) is 4.79 Å². The largest absolute Gasteiger partial charge is 0.345 e. The summed E-state index contributed by atoms with van der Waals surface area (Å²) in [6, 6.07) is 0. The molecule has 2 heteroatoms. The highest BCUT2D eigenvalue weighted by Crippen LogP contribution is 2.21. The van der Waals surface area contributed by atoms with E-state index in [4.69, 9.17) is 0 Å². The number of carbonyl (C=O) groups excluding carboxylic acids is 1. The molecule has 0 aliphatic heterocycles. The van der Waals surface area contributed by atoms with E-state index in [0.29, 0.717) is 18.4 Å². The van der Waals surface area contributed by atoms with E-state index in [1.165, 1.54) is 0 Å². The van der Waals surface area contributed by atoms with Gasteiger partial charge in [-0.3, -0.25) is 4.79 Å². The lowest BCUT2D eigenvalue weighted by Gasteiger charge is -2.17. The van der Waals surface area contributed by atoms with Gasteiger partial charge in [-0.05, 0) is 39.0 Å². The fraction of sp³-hybridized carbons (Fsp3) is 0.800. The average molecular weight is 237 g/mol. The average Bonchev–Trinajstić information content (AvgIpc) is 2.09. The van der Waals surface area contributed by atoms with Crippen molar-refractivity contribution in [2.75, 3.05) is 6.54 Å². The third-order valence-electron chi connectivity index (χ3n) is 2.17. The first-order chi connectivity index (χ1) is 7.60. The smallest absolute Gasteiger partial charge is 0.220 e. The Bertz CT molecular complexity index is 294. The van der Waals surface area contributed by atoms with E-state index >= 15 is 0 Å². The molecular formula is C15H27NO. The van der Waals surface area contributed by atoms with Gasteiger partial charge in [0.2, 0.25) is 5.91 Å². The van der Waals surface area contributed by atoms with Crippen LogP contribution < -0.4 is 5.32 Å². The van der Waals surface area contributed by atoms with Gasteiger partial charge in [0.25, 0.3) is 0 Å². The van der Waals surface area contributed by atoms with Crippen molar-refractivity contribution >= 4 is 5.91 Å². The van der Waals surface area contributed by atoms with Gasteiger partial charge in [0.15, 0.2) is 0 Å². The first-order valence-corrected chi connectivity index (χ1v) is 6.37. The van der Waals surface area contributed by atoms with Gasteiger partial charge in [-0.15, -0.1) is 0 Å². The van der Waals surface area contributed by atoms with Crippen LogP contribution in [0.1, 0.15) is 60.8 Å². The molecule has 0 aromatic carbocycles. The zero-order chi connectivity index (χ0) is 13.5. The summed E-state index contributed by atoms with van der Waals surface area (Å²) in [4.78, 5) is 11.5. The lowest BCUT2D eigenvalue weighted by atomic mass is 9.90. The molecule has 0 saturated heterocycles. The summed E-state index contributed by atoms with van der Waals surface area (Å²) in [6.45, 7) is 13.2. The van der Waals surface area contributed by atoms with Gasteiger partial charge in [-0.25, -0.2) is 0 Å². The van der Waals surface area contributed by atoms with E-state index in [-0.39, 0.29) is 11.3 Å². The first-order valence-electron chi connectivity index (χ1n) is 6.37. The van der Waals surface area contributed by atoms with E-state index in [0.717, 1.165) is 12.8 Å². The minimum absolute atomic E-state index is 0.0109. The van der Waals surface area contributed by atoms with Gasteiger partial charge in [0.1, 0.15) is 0 Å². The van der Waals surface area contributed by atoms with Crippen LogP contribution >= 0.6 is 0 Å². The number of amides is 1. The van der Waals surface area contributed by atoms with Gasteiger partial charge < -0.3 is 5.32 Å². The summed E-state index contributed by atoms with van der Waals surface area (Å²) in [5.41, 5.74) is 0.323. The molecule has 1 N–H and O–H groups in total. The van der Waals surface area contributed by atoms with Crippen molar-refractivity contribution in [1.29, 1.82) is 0 Å². The molecule has 0 aliphatic rings. The Balaban J connectivity index is 3.71. The van der Waals surface area contributed by atoms with E-state index < -0.39 is 0 Å². The maximum absolute atomic E-state index is 11.5.